The molecule has 0 radical (unpaired) electrons. The Kier molecular flexibility index (Phi) is 4.15. The molecule has 0 heterocycles. The number of nitrogens with zero attached hydrogens (tertiary/aromatic N) is 1. The largest absolute Gasteiger partial charge is 0.358 e. The van der Waals surface area contributed by atoms with Crippen molar-refractivity contribution in [2.75, 3.05) is 6.54 Å². The lowest BCUT2D eigenvalue weighted by molar-refractivity contribution is -0.769. The summed E-state index contributed by atoms with van der Waals surface area (Å²) in [5.41, 5.74) is 0. The minimum atomic E-state index is -0.728. The molecule has 0 aromatic rings. The maximum atomic E-state index is 10.0. The first-order chi connectivity index (χ1) is 6.72. The van der Waals surface area contributed by atoms with Crippen molar-refractivity contribution >= 4 is 6.41 Å². The standard InChI is InChI=1S/C8H14N2O4/c11-6-9-5-7-1-3-8(4-2-7)14-10(12)13/h6-8H,1-5H2,(H,9,11). The lowest BCUT2D eigenvalue weighted by Gasteiger charge is -2.26. The van der Waals surface area contributed by atoms with Crippen molar-refractivity contribution in [1.29, 1.82) is 0 Å². The van der Waals surface area contributed by atoms with E-state index in [0.29, 0.717) is 31.7 Å². The molecule has 1 fully saturated rings. The highest BCUT2D eigenvalue weighted by atomic mass is 17.0. The first-order valence-corrected chi connectivity index (χ1v) is 4.70. The highest BCUT2D eigenvalue weighted by molar-refractivity contribution is 5.45. The van der Waals surface area contributed by atoms with Gasteiger partial charge in [0.25, 0.3) is 5.09 Å². The third-order valence-electron chi connectivity index (χ3n) is 2.52. The molecule has 14 heavy (non-hydrogen) atoms. The Morgan fingerprint density at radius 3 is 2.57 bits per heavy atom. The van der Waals surface area contributed by atoms with E-state index < -0.39 is 5.09 Å². The van der Waals surface area contributed by atoms with Crippen LogP contribution in [0.2, 0.25) is 0 Å². The van der Waals surface area contributed by atoms with E-state index in [9.17, 15) is 14.9 Å². The van der Waals surface area contributed by atoms with Crippen LogP contribution in [0.3, 0.4) is 0 Å². The summed E-state index contributed by atoms with van der Waals surface area (Å²) >= 11 is 0. The zero-order valence-corrected chi connectivity index (χ0v) is 7.85. The van der Waals surface area contributed by atoms with Gasteiger partial charge >= 0.3 is 0 Å². The predicted molar refractivity (Wildman–Crippen MR) is 47.9 cm³/mol. The normalized spacial score (nSPS) is 26.6. The highest BCUT2D eigenvalue weighted by Gasteiger charge is 2.23. The number of carbonyl (C=O) groups is 1. The van der Waals surface area contributed by atoms with Crippen molar-refractivity contribution in [3.05, 3.63) is 10.1 Å². The molecule has 0 spiro atoms. The van der Waals surface area contributed by atoms with Crippen LogP contribution in [-0.2, 0) is 9.63 Å². The second kappa shape index (κ2) is 5.41. The van der Waals surface area contributed by atoms with E-state index >= 15 is 0 Å². The van der Waals surface area contributed by atoms with E-state index in [-0.39, 0.29) is 6.10 Å². The topological polar surface area (TPSA) is 81.5 Å². The Hall–Kier alpha value is -1.33. The summed E-state index contributed by atoms with van der Waals surface area (Å²) in [7, 11) is 0. The molecule has 0 unspecified atom stereocenters. The van der Waals surface area contributed by atoms with Crippen LogP contribution in [0.4, 0.5) is 0 Å². The van der Waals surface area contributed by atoms with Crippen molar-refractivity contribution in [3.8, 4) is 0 Å². The van der Waals surface area contributed by atoms with E-state index in [1.807, 2.05) is 0 Å². The van der Waals surface area contributed by atoms with E-state index in [2.05, 4.69) is 10.2 Å². The fourth-order valence-electron chi connectivity index (χ4n) is 1.78. The molecule has 6 nitrogen and oxygen atoms in total. The van der Waals surface area contributed by atoms with Crippen LogP contribution in [0.5, 0.6) is 0 Å². The van der Waals surface area contributed by atoms with Crippen LogP contribution < -0.4 is 5.32 Å². The average Bonchev–Trinajstić information content (AvgIpc) is 2.16. The maximum absolute atomic E-state index is 10.0. The molecule has 6 heteroatoms. The van der Waals surface area contributed by atoms with E-state index in [0.717, 1.165) is 12.8 Å². The molecule has 0 aromatic heterocycles. The Morgan fingerprint density at radius 1 is 1.43 bits per heavy atom. The van der Waals surface area contributed by atoms with Gasteiger partial charge in [-0.1, -0.05) is 0 Å². The van der Waals surface area contributed by atoms with Crippen molar-refractivity contribution in [3.63, 3.8) is 0 Å². The monoisotopic (exact) mass is 202 g/mol. The summed E-state index contributed by atoms with van der Waals surface area (Å²) in [5, 5.41) is 11.9. The number of carbonyl (C=O) groups excluding carboxylic acids is 1. The Morgan fingerprint density at radius 2 is 2.07 bits per heavy atom. The molecular weight excluding hydrogens is 188 g/mol. The molecule has 0 bridgehead atoms. The van der Waals surface area contributed by atoms with Crippen molar-refractivity contribution < 1.29 is 14.7 Å². The van der Waals surface area contributed by atoms with Crippen molar-refractivity contribution in [2.45, 2.75) is 31.8 Å². The van der Waals surface area contributed by atoms with Crippen LogP contribution >= 0.6 is 0 Å². The maximum Gasteiger partial charge on any atom is 0.294 e. The molecule has 80 valence electrons. The molecule has 1 rings (SSSR count). The van der Waals surface area contributed by atoms with Gasteiger partial charge in [0, 0.05) is 6.54 Å². The smallest absolute Gasteiger partial charge is 0.294 e. The van der Waals surface area contributed by atoms with Gasteiger partial charge in [-0.25, -0.2) is 0 Å². The molecule has 1 N–H and O–H groups in total. The lowest BCUT2D eigenvalue weighted by atomic mass is 9.87. The zero-order valence-electron chi connectivity index (χ0n) is 7.85. The number of rotatable bonds is 5. The Labute approximate surface area is 81.7 Å². The first-order valence-electron chi connectivity index (χ1n) is 4.70. The summed E-state index contributed by atoms with van der Waals surface area (Å²) < 4.78 is 0. The van der Waals surface area contributed by atoms with Crippen LogP contribution in [0.25, 0.3) is 0 Å². The number of amides is 1. The molecule has 1 aliphatic rings. The van der Waals surface area contributed by atoms with Gasteiger partial charge in [-0.3, -0.25) is 4.79 Å². The van der Waals surface area contributed by atoms with Gasteiger partial charge < -0.3 is 10.2 Å². The molecule has 1 amide bonds. The molecule has 0 aliphatic heterocycles. The van der Waals surface area contributed by atoms with Gasteiger partial charge in [-0.2, -0.15) is 0 Å². The quantitative estimate of drug-likeness (QED) is 0.400. The average molecular weight is 202 g/mol. The van der Waals surface area contributed by atoms with Gasteiger partial charge in [0.1, 0.15) is 6.10 Å². The minimum Gasteiger partial charge on any atom is -0.358 e. The molecule has 1 saturated carbocycles. The Bertz CT molecular complexity index is 202. The number of nitrogens with one attached hydrogen (secondary N) is 1. The van der Waals surface area contributed by atoms with Crippen LogP contribution in [0.1, 0.15) is 25.7 Å². The van der Waals surface area contributed by atoms with Crippen LogP contribution in [-0.4, -0.2) is 24.1 Å². The summed E-state index contributed by atoms with van der Waals surface area (Å²) in [6, 6.07) is 0. The minimum absolute atomic E-state index is 0.252. The van der Waals surface area contributed by atoms with E-state index in [1.54, 1.807) is 0 Å². The van der Waals surface area contributed by atoms with Crippen molar-refractivity contribution in [1.82, 2.24) is 5.32 Å². The highest BCUT2D eigenvalue weighted by Crippen LogP contribution is 2.25. The van der Waals surface area contributed by atoms with Gasteiger partial charge in [0.2, 0.25) is 6.41 Å². The zero-order chi connectivity index (χ0) is 10.4. The fourth-order valence-corrected chi connectivity index (χ4v) is 1.78. The molecular formula is C8H14N2O4. The lowest BCUT2D eigenvalue weighted by Crippen LogP contribution is -2.29. The van der Waals surface area contributed by atoms with E-state index in [4.69, 9.17) is 0 Å². The third kappa shape index (κ3) is 3.59. The first kappa shape index (κ1) is 10.7. The SMILES string of the molecule is O=CNCC1CCC(O[N+](=O)[O-])CC1. The Balaban J connectivity index is 2.17. The van der Waals surface area contributed by atoms with Gasteiger partial charge in [0.05, 0.1) is 0 Å². The third-order valence-corrected chi connectivity index (χ3v) is 2.52. The fraction of sp³-hybridized carbons (Fsp3) is 0.875. The summed E-state index contributed by atoms with van der Waals surface area (Å²) in [6.45, 7) is 0.661. The molecule has 0 atom stereocenters. The second-order valence-corrected chi connectivity index (χ2v) is 3.50. The van der Waals surface area contributed by atoms with Gasteiger partial charge in [0.15, 0.2) is 0 Å². The van der Waals surface area contributed by atoms with Gasteiger partial charge in [-0.15, -0.1) is 10.1 Å². The summed E-state index contributed by atoms with van der Waals surface area (Å²) in [4.78, 5) is 24.6. The van der Waals surface area contributed by atoms with Crippen molar-refractivity contribution in [2.24, 2.45) is 5.92 Å². The molecule has 1 aliphatic carbocycles. The van der Waals surface area contributed by atoms with E-state index in [1.165, 1.54) is 0 Å². The van der Waals surface area contributed by atoms with Crippen LogP contribution in [0, 0.1) is 16.0 Å². The second-order valence-electron chi connectivity index (χ2n) is 3.50. The number of hydrogen-bond donors (Lipinski definition) is 1. The predicted octanol–water partition coefficient (Wildman–Crippen LogP) is 0.499. The van der Waals surface area contributed by atoms with Gasteiger partial charge in [-0.05, 0) is 31.6 Å². The molecule has 0 aromatic carbocycles. The van der Waals surface area contributed by atoms with Crippen LogP contribution in [0.15, 0.2) is 0 Å². The summed E-state index contributed by atoms with van der Waals surface area (Å²) in [5.74, 6) is 0.437. The molecule has 0 saturated heterocycles. The summed E-state index contributed by atoms with van der Waals surface area (Å²) in [6.07, 6.45) is 3.58. The number of hydrogen-bond acceptors (Lipinski definition) is 4.